The molecular weight excluding hydrogens is 264 g/mol. The van der Waals surface area contributed by atoms with Crippen LogP contribution in [0.1, 0.15) is 6.92 Å². The third kappa shape index (κ3) is 3.10. The SMILES string of the molecule is C/C(CO)=N\c1cc(Br)ccc1[N+](=O)[O-]. The van der Waals surface area contributed by atoms with Crippen LogP contribution in [0.15, 0.2) is 27.7 Å². The van der Waals surface area contributed by atoms with Gasteiger partial charge in [-0.2, -0.15) is 0 Å². The van der Waals surface area contributed by atoms with Gasteiger partial charge in [-0.1, -0.05) is 15.9 Å². The lowest BCUT2D eigenvalue weighted by Crippen LogP contribution is -1.97. The zero-order valence-electron chi connectivity index (χ0n) is 7.98. The second-order valence-corrected chi connectivity index (χ2v) is 3.81. The fraction of sp³-hybridized carbons (Fsp3) is 0.222. The van der Waals surface area contributed by atoms with Crippen LogP contribution >= 0.6 is 15.9 Å². The van der Waals surface area contributed by atoms with E-state index < -0.39 is 4.92 Å². The Morgan fingerprint density at radius 2 is 2.33 bits per heavy atom. The number of nitro benzene ring substituents is 1. The molecule has 0 unspecified atom stereocenters. The Bertz CT molecular complexity index is 418. The molecule has 1 N–H and O–H groups in total. The van der Waals surface area contributed by atoms with Crippen molar-refractivity contribution >= 4 is 33.0 Å². The van der Waals surface area contributed by atoms with Crippen LogP contribution in [0, 0.1) is 10.1 Å². The van der Waals surface area contributed by atoms with E-state index in [0.717, 1.165) is 0 Å². The van der Waals surface area contributed by atoms with Crippen molar-refractivity contribution in [2.75, 3.05) is 6.61 Å². The molecule has 80 valence electrons. The average molecular weight is 273 g/mol. The Morgan fingerprint density at radius 3 is 2.87 bits per heavy atom. The van der Waals surface area contributed by atoms with Gasteiger partial charge in [-0.3, -0.25) is 10.1 Å². The Kier molecular flexibility index (Phi) is 3.93. The van der Waals surface area contributed by atoms with E-state index in [0.29, 0.717) is 10.2 Å². The molecule has 1 aromatic rings. The van der Waals surface area contributed by atoms with Gasteiger partial charge in [-0.05, 0) is 19.1 Å². The highest BCUT2D eigenvalue weighted by Gasteiger charge is 2.12. The van der Waals surface area contributed by atoms with Gasteiger partial charge in [0.15, 0.2) is 0 Å². The maximum absolute atomic E-state index is 10.7. The van der Waals surface area contributed by atoms with Crippen molar-refractivity contribution in [1.82, 2.24) is 0 Å². The second kappa shape index (κ2) is 4.99. The van der Waals surface area contributed by atoms with E-state index in [-0.39, 0.29) is 18.0 Å². The number of aliphatic hydroxyl groups is 1. The third-order valence-corrected chi connectivity index (χ3v) is 2.17. The Labute approximate surface area is 94.7 Å². The van der Waals surface area contributed by atoms with E-state index in [1.165, 1.54) is 12.1 Å². The molecule has 1 aromatic carbocycles. The van der Waals surface area contributed by atoms with Gasteiger partial charge in [0.1, 0.15) is 5.69 Å². The van der Waals surface area contributed by atoms with Crippen LogP contribution in [0.25, 0.3) is 0 Å². The van der Waals surface area contributed by atoms with Gasteiger partial charge >= 0.3 is 0 Å². The van der Waals surface area contributed by atoms with Crippen LogP contribution in [0.2, 0.25) is 0 Å². The van der Waals surface area contributed by atoms with Crippen LogP contribution in [0.5, 0.6) is 0 Å². The van der Waals surface area contributed by atoms with Crippen molar-refractivity contribution in [2.45, 2.75) is 6.92 Å². The summed E-state index contributed by atoms with van der Waals surface area (Å²) in [6, 6.07) is 4.48. The normalized spacial score (nSPS) is 11.5. The molecule has 0 atom stereocenters. The predicted octanol–water partition coefficient (Wildman–Crippen LogP) is 2.44. The smallest absolute Gasteiger partial charge is 0.294 e. The van der Waals surface area contributed by atoms with Crippen molar-refractivity contribution in [3.63, 3.8) is 0 Å². The van der Waals surface area contributed by atoms with E-state index in [9.17, 15) is 10.1 Å². The van der Waals surface area contributed by atoms with Crippen molar-refractivity contribution in [2.24, 2.45) is 4.99 Å². The van der Waals surface area contributed by atoms with Crippen molar-refractivity contribution in [3.8, 4) is 0 Å². The number of hydrogen-bond donors (Lipinski definition) is 1. The van der Waals surface area contributed by atoms with Crippen LogP contribution in [-0.4, -0.2) is 22.3 Å². The summed E-state index contributed by atoms with van der Waals surface area (Å²) in [5, 5.41) is 19.4. The van der Waals surface area contributed by atoms with Crippen LogP contribution in [-0.2, 0) is 0 Å². The highest BCUT2D eigenvalue weighted by Crippen LogP contribution is 2.30. The standard InChI is InChI=1S/C9H9BrN2O3/c1-6(5-13)11-8-4-7(10)2-3-9(8)12(14)15/h2-4,13H,5H2,1H3/b11-6+. The first-order chi connectivity index (χ1) is 7.04. The van der Waals surface area contributed by atoms with Gasteiger partial charge in [-0.25, -0.2) is 4.99 Å². The molecule has 0 aromatic heterocycles. The summed E-state index contributed by atoms with van der Waals surface area (Å²) in [4.78, 5) is 14.1. The predicted molar refractivity (Wildman–Crippen MR) is 60.7 cm³/mol. The average Bonchev–Trinajstić information content (AvgIpc) is 2.17. The molecule has 1 rings (SSSR count). The molecule has 0 radical (unpaired) electrons. The van der Waals surface area contributed by atoms with Gasteiger partial charge < -0.3 is 5.11 Å². The highest BCUT2D eigenvalue weighted by molar-refractivity contribution is 9.10. The molecular formula is C9H9BrN2O3. The van der Waals surface area contributed by atoms with Gasteiger partial charge in [0.2, 0.25) is 0 Å². The molecule has 0 heterocycles. The van der Waals surface area contributed by atoms with Crippen molar-refractivity contribution in [3.05, 3.63) is 32.8 Å². The maximum atomic E-state index is 10.7. The van der Waals surface area contributed by atoms with Gasteiger partial charge in [-0.15, -0.1) is 0 Å². The number of nitro groups is 1. The zero-order chi connectivity index (χ0) is 11.4. The first kappa shape index (κ1) is 11.8. The quantitative estimate of drug-likeness (QED) is 0.522. The summed E-state index contributed by atoms with van der Waals surface area (Å²) < 4.78 is 0.706. The first-order valence-corrected chi connectivity index (χ1v) is 4.93. The van der Waals surface area contributed by atoms with Crippen molar-refractivity contribution < 1.29 is 10.0 Å². The number of nitrogens with zero attached hydrogens (tertiary/aromatic N) is 2. The maximum Gasteiger partial charge on any atom is 0.294 e. The number of hydrogen-bond acceptors (Lipinski definition) is 4. The lowest BCUT2D eigenvalue weighted by Gasteiger charge is -1.99. The first-order valence-electron chi connectivity index (χ1n) is 4.13. The summed E-state index contributed by atoms with van der Waals surface area (Å²) in [6.45, 7) is 1.38. The fourth-order valence-electron chi connectivity index (χ4n) is 0.982. The largest absolute Gasteiger partial charge is 0.390 e. The van der Waals surface area contributed by atoms with Crippen LogP contribution in [0.3, 0.4) is 0 Å². The minimum atomic E-state index is -0.504. The zero-order valence-corrected chi connectivity index (χ0v) is 9.56. The number of rotatable bonds is 3. The van der Waals surface area contributed by atoms with Crippen LogP contribution in [0.4, 0.5) is 11.4 Å². The molecule has 0 aliphatic heterocycles. The van der Waals surface area contributed by atoms with E-state index in [1.807, 2.05) is 0 Å². The molecule has 0 saturated carbocycles. The van der Waals surface area contributed by atoms with Gasteiger partial charge in [0, 0.05) is 16.3 Å². The van der Waals surface area contributed by atoms with E-state index in [1.54, 1.807) is 13.0 Å². The number of benzene rings is 1. The number of aliphatic imine (C=N–C) groups is 1. The summed E-state index contributed by atoms with van der Waals surface area (Å²) in [5.74, 6) is 0. The van der Waals surface area contributed by atoms with Gasteiger partial charge in [0.25, 0.3) is 5.69 Å². The molecule has 6 heteroatoms. The Morgan fingerprint density at radius 1 is 1.67 bits per heavy atom. The molecule has 0 amide bonds. The molecule has 15 heavy (non-hydrogen) atoms. The molecule has 0 fully saturated rings. The summed E-state index contributed by atoms with van der Waals surface area (Å²) in [6.07, 6.45) is 0. The topological polar surface area (TPSA) is 75.7 Å². The van der Waals surface area contributed by atoms with Gasteiger partial charge in [0.05, 0.1) is 11.5 Å². The van der Waals surface area contributed by atoms with E-state index in [2.05, 4.69) is 20.9 Å². The number of aliphatic hydroxyl groups excluding tert-OH is 1. The molecule has 0 bridgehead atoms. The summed E-state index contributed by atoms with van der Waals surface area (Å²) >= 11 is 3.20. The minimum absolute atomic E-state index is 0.0778. The third-order valence-electron chi connectivity index (χ3n) is 1.67. The summed E-state index contributed by atoms with van der Waals surface area (Å²) in [5.41, 5.74) is 0.586. The highest BCUT2D eigenvalue weighted by atomic mass is 79.9. The molecule has 0 aliphatic carbocycles. The van der Waals surface area contributed by atoms with E-state index >= 15 is 0 Å². The molecule has 5 nitrogen and oxygen atoms in total. The Balaban J connectivity index is 3.25. The summed E-state index contributed by atoms with van der Waals surface area (Å²) in [7, 11) is 0. The minimum Gasteiger partial charge on any atom is -0.390 e. The van der Waals surface area contributed by atoms with E-state index in [4.69, 9.17) is 5.11 Å². The lowest BCUT2D eigenvalue weighted by atomic mass is 10.2. The molecule has 0 saturated heterocycles. The monoisotopic (exact) mass is 272 g/mol. The fourth-order valence-corrected chi connectivity index (χ4v) is 1.33. The number of halogens is 1. The van der Waals surface area contributed by atoms with Crippen LogP contribution < -0.4 is 0 Å². The Hall–Kier alpha value is -1.27. The molecule has 0 aliphatic rings. The second-order valence-electron chi connectivity index (χ2n) is 2.90. The van der Waals surface area contributed by atoms with Crippen molar-refractivity contribution in [1.29, 1.82) is 0 Å². The lowest BCUT2D eigenvalue weighted by molar-refractivity contribution is -0.384. The molecule has 0 spiro atoms.